The lowest BCUT2D eigenvalue weighted by Crippen LogP contribution is -2.18. The number of H-pyrrole nitrogens is 1. The van der Waals surface area contributed by atoms with Gasteiger partial charge in [-0.15, -0.1) is 5.10 Å². The van der Waals surface area contributed by atoms with Gasteiger partial charge in [-0.3, -0.25) is 9.25 Å². The highest BCUT2D eigenvalue weighted by molar-refractivity contribution is 7.50. The Morgan fingerprint density at radius 3 is 2.37 bits per heavy atom. The first-order valence-electron chi connectivity index (χ1n) is 13.6. The third-order valence-corrected chi connectivity index (χ3v) is 7.22. The number of nitrogens with two attached hydrogens (primary N) is 1. The molecule has 0 aromatic carbocycles. The van der Waals surface area contributed by atoms with Gasteiger partial charge in [0.25, 0.3) is 0 Å². The minimum absolute atomic E-state index is 0.110. The van der Waals surface area contributed by atoms with E-state index >= 15 is 0 Å². The van der Waals surface area contributed by atoms with Gasteiger partial charge in [-0.25, -0.2) is 4.79 Å². The third kappa shape index (κ3) is 9.85. The fraction of sp³-hybridized carbons (Fsp3) is 0.708. The number of anilines is 1. The first kappa shape index (κ1) is 29.8. The van der Waals surface area contributed by atoms with Crippen LogP contribution in [-0.4, -0.2) is 52.2 Å². The van der Waals surface area contributed by atoms with Gasteiger partial charge in [0.2, 0.25) is 0 Å². The number of aromatic amines is 1. The van der Waals surface area contributed by atoms with Crippen molar-refractivity contribution in [3.8, 4) is 6.01 Å². The number of hydrogen-bond acceptors (Lipinski definition) is 9. The van der Waals surface area contributed by atoms with Crippen molar-refractivity contribution in [3.63, 3.8) is 0 Å². The molecular formula is C24H40N8O5P-. The summed E-state index contributed by atoms with van der Waals surface area (Å²) in [7, 11) is -4.08. The van der Waals surface area contributed by atoms with E-state index in [9.17, 15) is 14.3 Å². The molecule has 0 radical (unpaired) electrons. The van der Waals surface area contributed by atoms with E-state index in [0.717, 1.165) is 64.3 Å². The molecule has 212 valence electrons. The topological polar surface area (TPSA) is 190 Å². The van der Waals surface area contributed by atoms with Crippen LogP contribution in [0.2, 0.25) is 0 Å². The molecule has 1 atom stereocenters. The van der Waals surface area contributed by atoms with Crippen LogP contribution in [0.1, 0.15) is 89.7 Å². The first-order valence-corrected chi connectivity index (χ1v) is 15.3. The van der Waals surface area contributed by atoms with Gasteiger partial charge in [0, 0.05) is 12.7 Å². The quantitative estimate of drug-likeness (QED) is 0.147. The van der Waals surface area contributed by atoms with Gasteiger partial charge < -0.3 is 29.8 Å². The smallest absolute Gasteiger partial charge is 0.328 e. The number of nitrogen functional groups attached to an aromatic ring is 1. The predicted octanol–water partition coefficient (Wildman–Crippen LogP) is 2.97. The number of aryl methyl sites for hydroxylation is 1. The van der Waals surface area contributed by atoms with Crippen molar-refractivity contribution in [2.75, 3.05) is 18.5 Å². The zero-order valence-corrected chi connectivity index (χ0v) is 23.1. The molecule has 3 rings (SSSR count). The van der Waals surface area contributed by atoms with Crippen LogP contribution in [0.15, 0.2) is 11.0 Å². The molecular weight excluding hydrogens is 511 g/mol. The summed E-state index contributed by atoms with van der Waals surface area (Å²) in [5.74, 6) is 0.164. The summed E-state index contributed by atoms with van der Waals surface area (Å²) in [6.45, 7) is 3.51. The van der Waals surface area contributed by atoms with Crippen molar-refractivity contribution < 1.29 is 19.1 Å². The van der Waals surface area contributed by atoms with Crippen LogP contribution < -0.4 is 21.1 Å². The second kappa shape index (κ2) is 15.0. The number of nitrogens with zero attached hydrogens (tertiary/aromatic N) is 6. The van der Waals surface area contributed by atoms with E-state index in [4.69, 9.17) is 15.4 Å². The van der Waals surface area contributed by atoms with Crippen LogP contribution >= 0.6 is 7.60 Å². The Morgan fingerprint density at radius 2 is 1.71 bits per heavy atom. The van der Waals surface area contributed by atoms with Gasteiger partial charge in [-0.05, 0) is 19.3 Å². The standard InChI is InChI=1S/C24H41N8O5P/c1-2-3-15-37-23-27-21(25)20-22(28-23)32(24(33)26-20)18-19-17-31(30-29-19)14-12-10-8-6-4-5-7-9-11-13-16-38(34,35)36/h17H,2-16,18H2,1H3,(H,26,33)(H2,25,27,28)(H2,34,35,36)/p-1. The Kier molecular flexibility index (Phi) is 11.8. The van der Waals surface area contributed by atoms with Crippen molar-refractivity contribution in [1.82, 2.24) is 34.5 Å². The van der Waals surface area contributed by atoms with Gasteiger partial charge in [0.15, 0.2) is 11.5 Å². The van der Waals surface area contributed by atoms with E-state index in [1.807, 2.05) is 6.20 Å². The van der Waals surface area contributed by atoms with Crippen LogP contribution in [0.25, 0.3) is 11.2 Å². The molecule has 3 aromatic heterocycles. The number of rotatable bonds is 19. The van der Waals surface area contributed by atoms with E-state index in [1.54, 1.807) is 4.68 Å². The Labute approximate surface area is 222 Å². The summed E-state index contributed by atoms with van der Waals surface area (Å²) in [6.07, 6.45) is 13.8. The third-order valence-electron chi connectivity index (χ3n) is 6.34. The monoisotopic (exact) mass is 551 g/mol. The number of imidazole rings is 1. The predicted molar refractivity (Wildman–Crippen MR) is 143 cm³/mol. The van der Waals surface area contributed by atoms with Gasteiger partial charge in [0.05, 0.1) is 19.3 Å². The Balaban J connectivity index is 1.37. The van der Waals surface area contributed by atoms with E-state index in [1.165, 1.54) is 17.4 Å². The van der Waals surface area contributed by atoms with Crippen LogP contribution in [0.3, 0.4) is 0 Å². The minimum Gasteiger partial charge on any atom is -0.779 e. The maximum absolute atomic E-state index is 12.6. The summed E-state index contributed by atoms with van der Waals surface area (Å²) < 4.78 is 19.5. The van der Waals surface area contributed by atoms with Gasteiger partial charge in [0.1, 0.15) is 18.8 Å². The number of nitrogens with one attached hydrogen (secondary N) is 1. The zero-order chi connectivity index (χ0) is 27.4. The highest BCUT2D eigenvalue weighted by Gasteiger charge is 2.16. The fourth-order valence-electron chi connectivity index (χ4n) is 4.23. The SMILES string of the molecule is CCCCOc1nc(N)c2[nH]c(=O)n(Cc3cn(CCCCCCCCCCCCP(=O)([O-])O)nn3)c2n1. The van der Waals surface area contributed by atoms with E-state index < -0.39 is 7.60 Å². The van der Waals surface area contributed by atoms with Crippen LogP contribution in [0, 0.1) is 0 Å². The van der Waals surface area contributed by atoms with E-state index in [0.29, 0.717) is 29.9 Å². The molecule has 0 aliphatic rings. The molecule has 0 spiro atoms. The molecule has 0 saturated heterocycles. The Hall–Kier alpha value is -2.76. The molecule has 0 aliphatic carbocycles. The molecule has 3 aromatic rings. The van der Waals surface area contributed by atoms with Crippen molar-refractivity contribution in [2.45, 2.75) is 97.1 Å². The lowest BCUT2D eigenvalue weighted by atomic mass is 10.1. The van der Waals surface area contributed by atoms with Crippen molar-refractivity contribution in [3.05, 3.63) is 22.4 Å². The molecule has 0 saturated carbocycles. The molecule has 13 nitrogen and oxygen atoms in total. The Morgan fingerprint density at radius 1 is 1.05 bits per heavy atom. The number of fused-ring (bicyclic) bond motifs is 1. The zero-order valence-electron chi connectivity index (χ0n) is 22.2. The summed E-state index contributed by atoms with van der Waals surface area (Å²) in [6, 6.07) is 0.149. The van der Waals surface area contributed by atoms with Gasteiger partial charge in [-0.1, -0.05) is 69.9 Å². The van der Waals surface area contributed by atoms with Crippen molar-refractivity contribution in [1.29, 1.82) is 0 Å². The number of hydrogen-bond donors (Lipinski definition) is 3. The molecule has 0 aliphatic heterocycles. The normalized spacial score (nSPS) is 13.2. The first-order chi connectivity index (χ1) is 18.3. The second-order valence-corrected chi connectivity index (χ2v) is 11.4. The molecule has 1 unspecified atom stereocenters. The average molecular weight is 552 g/mol. The molecule has 0 fully saturated rings. The van der Waals surface area contributed by atoms with E-state index in [-0.39, 0.29) is 30.2 Å². The summed E-state index contributed by atoms with van der Waals surface area (Å²) in [5.41, 5.74) is 7.07. The summed E-state index contributed by atoms with van der Waals surface area (Å²) >= 11 is 0. The fourth-order valence-corrected chi connectivity index (χ4v) is 4.85. The molecule has 0 amide bonds. The lowest BCUT2D eigenvalue weighted by Gasteiger charge is -2.14. The summed E-state index contributed by atoms with van der Waals surface area (Å²) in [5, 5.41) is 8.41. The molecule has 14 heteroatoms. The average Bonchev–Trinajstić information content (AvgIpc) is 3.44. The van der Waals surface area contributed by atoms with Gasteiger partial charge in [-0.2, -0.15) is 9.97 Å². The molecule has 38 heavy (non-hydrogen) atoms. The molecule has 4 N–H and O–H groups in total. The number of ether oxygens (including phenoxy) is 1. The highest BCUT2D eigenvalue weighted by atomic mass is 31.2. The molecule has 3 heterocycles. The maximum Gasteiger partial charge on any atom is 0.328 e. The highest BCUT2D eigenvalue weighted by Crippen LogP contribution is 2.30. The molecule has 0 bridgehead atoms. The minimum atomic E-state index is -4.08. The van der Waals surface area contributed by atoms with Crippen LogP contribution in [0.4, 0.5) is 5.82 Å². The lowest BCUT2D eigenvalue weighted by molar-refractivity contribution is -0.193. The van der Waals surface area contributed by atoms with Crippen molar-refractivity contribution >= 4 is 24.6 Å². The van der Waals surface area contributed by atoms with Crippen LogP contribution in [-0.2, 0) is 17.7 Å². The number of unbranched alkanes of at least 4 members (excludes halogenated alkanes) is 10. The van der Waals surface area contributed by atoms with E-state index in [2.05, 4.69) is 32.2 Å². The summed E-state index contributed by atoms with van der Waals surface area (Å²) in [4.78, 5) is 43.2. The largest absolute Gasteiger partial charge is 0.779 e. The van der Waals surface area contributed by atoms with Gasteiger partial charge >= 0.3 is 11.7 Å². The second-order valence-electron chi connectivity index (χ2n) is 9.68. The number of aromatic nitrogens is 7. The maximum atomic E-state index is 12.6. The Bertz CT molecular complexity index is 1230. The van der Waals surface area contributed by atoms with Crippen molar-refractivity contribution in [2.24, 2.45) is 0 Å². The van der Waals surface area contributed by atoms with Crippen LogP contribution in [0.5, 0.6) is 6.01 Å².